The van der Waals surface area contributed by atoms with Gasteiger partial charge in [-0.05, 0) is 25.0 Å². The van der Waals surface area contributed by atoms with Gasteiger partial charge in [0, 0.05) is 6.61 Å². The molecule has 0 amide bonds. The second-order valence-corrected chi connectivity index (χ2v) is 3.35. The third-order valence-electron chi connectivity index (χ3n) is 2.36. The molecule has 1 saturated heterocycles. The Hall–Kier alpha value is -1.22. The van der Waals surface area contributed by atoms with Crippen LogP contribution in [0.2, 0.25) is 0 Å². The van der Waals surface area contributed by atoms with E-state index >= 15 is 0 Å². The van der Waals surface area contributed by atoms with Gasteiger partial charge in [0.1, 0.15) is 11.9 Å². The Kier molecular flexibility index (Phi) is 2.59. The minimum Gasteiger partial charge on any atom is -0.370 e. The second kappa shape index (κ2) is 3.88. The van der Waals surface area contributed by atoms with E-state index in [0.717, 1.165) is 6.42 Å². The lowest BCUT2D eigenvalue weighted by Crippen LogP contribution is -2.20. The third kappa shape index (κ3) is 1.68. The van der Waals surface area contributed by atoms with Crippen LogP contribution in [0.5, 0.6) is 0 Å². The molecular weight excluding hydrogens is 183 g/mol. The molecule has 0 aliphatic carbocycles. The molecule has 2 nitrogen and oxygen atoms in total. The average Bonchev–Trinajstić information content (AvgIpc) is 2.70. The summed E-state index contributed by atoms with van der Waals surface area (Å²) >= 11 is 0. The van der Waals surface area contributed by atoms with Gasteiger partial charge in [-0.25, -0.2) is 4.39 Å². The molecule has 1 aliphatic rings. The predicted molar refractivity (Wildman–Crippen MR) is 49.7 cm³/mol. The SMILES string of the molecule is O=C(c1ccccc1F)C1CCCO1. The van der Waals surface area contributed by atoms with Gasteiger partial charge in [0.15, 0.2) is 5.78 Å². The van der Waals surface area contributed by atoms with Crippen LogP contribution >= 0.6 is 0 Å². The zero-order valence-electron chi connectivity index (χ0n) is 7.70. The highest BCUT2D eigenvalue weighted by molar-refractivity contribution is 5.99. The van der Waals surface area contributed by atoms with Crippen molar-refractivity contribution in [2.75, 3.05) is 6.61 Å². The van der Waals surface area contributed by atoms with Crippen molar-refractivity contribution in [2.45, 2.75) is 18.9 Å². The maximum Gasteiger partial charge on any atom is 0.194 e. The topological polar surface area (TPSA) is 26.3 Å². The van der Waals surface area contributed by atoms with E-state index < -0.39 is 11.9 Å². The molecule has 74 valence electrons. The molecule has 1 heterocycles. The van der Waals surface area contributed by atoms with Crippen LogP contribution in [0.1, 0.15) is 23.2 Å². The van der Waals surface area contributed by atoms with E-state index in [9.17, 15) is 9.18 Å². The Bertz CT molecular complexity index is 343. The summed E-state index contributed by atoms with van der Waals surface area (Å²) in [6.45, 7) is 0.602. The van der Waals surface area contributed by atoms with Gasteiger partial charge in [-0.3, -0.25) is 4.79 Å². The first-order valence-corrected chi connectivity index (χ1v) is 4.69. The van der Waals surface area contributed by atoms with Crippen LogP contribution in [0.25, 0.3) is 0 Å². The first-order chi connectivity index (χ1) is 6.79. The number of carbonyl (C=O) groups is 1. The fraction of sp³-hybridized carbons (Fsp3) is 0.364. The molecule has 3 heteroatoms. The number of carbonyl (C=O) groups excluding carboxylic acids is 1. The van der Waals surface area contributed by atoms with Crippen LogP contribution in [0.15, 0.2) is 24.3 Å². The van der Waals surface area contributed by atoms with Crippen LogP contribution in [0.4, 0.5) is 4.39 Å². The molecule has 1 fully saturated rings. The molecule has 0 bridgehead atoms. The van der Waals surface area contributed by atoms with Crippen LogP contribution < -0.4 is 0 Å². The lowest BCUT2D eigenvalue weighted by molar-refractivity contribution is 0.0639. The van der Waals surface area contributed by atoms with E-state index in [-0.39, 0.29) is 11.3 Å². The molecule has 0 aromatic heterocycles. The standard InChI is InChI=1S/C11H11FO2/c12-9-5-2-1-4-8(9)11(13)10-6-3-7-14-10/h1-2,4-5,10H,3,6-7H2. The summed E-state index contributed by atoms with van der Waals surface area (Å²) in [4.78, 5) is 11.7. The molecule has 1 aromatic carbocycles. The molecule has 0 radical (unpaired) electrons. The van der Waals surface area contributed by atoms with Gasteiger partial charge in [-0.1, -0.05) is 12.1 Å². The summed E-state index contributed by atoms with van der Waals surface area (Å²) in [7, 11) is 0. The molecule has 0 saturated carbocycles. The maximum atomic E-state index is 13.2. The molecule has 14 heavy (non-hydrogen) atoms. The fourth-order valence-electron chi connectivity index (χ4n) is 1.62. The molecule has 0 N–H and O–H groups in total. The Morgan fingerprint density at radius 2 is 2.21 bits per heavy atom. The van der Waals surface area contributed by atoms with Crippen LogP contribution in [0, 0.1) is 5.82 Å². The van der Waals surface area contributed by atoms with E-state index in [1.54, 1.807) is 12.1 Å². The molecule has 2 rings (SSSR count). The lowest BCUT2D eigenvalue weighted by atomic mass is 10.0. The summed E-state index contributed by atoms with van der Waals surface area (Å²) in [5.74, 6) is -0.700. The number of hydrogen-bond acceptors (Lipinski definition) is 2. The summed E-state index contributed by atoms with van der Waals surface area (Å²) in [6.07, 6.45) is 1.14. The highest BCUT2D eigenvalue weighted by Gasteiger charge is 2.26. The van der Waals surface area contributed by atoms with Gasteiger partial charge in [0.05, 0.1) is 5.56 Å². The monoisotopic (exact) mass is 194 g/mol. The third-order valence-corrected chi connectivity index (χ3v) is 2.36. The Balaban J connectivity index is 2.22. The minimum absolute atomic E-state index is 0.138. The Labute approximate surface area is 81.7 Å². The molecule has 0 spiro atoms. The van der Waals surface area contributed by atoms with Crippen molar-refractivity contribution in [1.29, 1.82) is 0 Å². The Morgan fingerprint density at radius 3 is 2.86 bits per heavy atom. The van der Waals surface area contributed by atoms with Gasteiger partial charge in [0.2, 0.25) is 0 Å². The van der Waals surface area contributed by atoms with Gasteiger partial charge < -0.3 is 4.74 Å². The van der Waals surface area contributed by atoms with E-state index in [0.29, 0.717) is 13.0 Å². The fourth-order valence-corrected chi connectivity index (χ4v) is 1.62. The Morgan fingerprint density at radius 1 is 1.43 bits per heavy atom. The lowest BCUT2D eigenvalue weighted by Gasteiger charge is -2.08. The number of Topliss-reactive ketones (excluding diaryl/α,β-unsaturated/α-hetero) is 1. The second-order valence-electron chi connectivity index (χ2n) is 3.35. The van der Waals surface area contributed by atoms with Gasteiger partial charge in [0.25, 0.3) is 0 Å². The first-order valence-electron chi connectivity index (χ1n) is 4.69. The summed E-state index contributed by atoms with van der Waals surface area (Å²) in [5.41, 5.74) is 0.138. The molecule has 1 atom stereocenters. The number of ketones is 1. The molecule has 1 aromatic rings. The number of rotatable bonds is 2. The number of benzene rings is 1. The average molecular weight is 194 g/mol. The quantitative estimate of drug-likeness (QED) is 0.674. The van der Waals surface area contributed by atoms with Gasteiger partial charge in [-0.2, -0.15) is 0 Å². The molecular formula is C11H11FO2. The summed E-state index contributed by atoms with van der Waals surface area (Å²) in [6, 6.07) is 6.02. The highest BCUT2D eigenvalue weighted by atomic mass is 19.1. The minimum atomic E-state index is -0.465. The maximum absolute atomic E-state index is 13.2. The van der Waals surface area contributed by atoms with Crippen molar-refractivity contribution in [3.05, 3.63) is 35.6 Å². The van der Waals surface area contributed by atoms with E-state index in [2.05, 4.69) is 0 Å². The molecule has 1 unspecified atom stereocenters. The zero-order chi connectivity index (χ0) is 9.97. The van der Waals surface area contributed by atoms with Gasteiger partial charge in [-0.15, -0.1) is 0 Å². The van der Waals surface area contributed by atoms with E-state index in [1.807, 2.05) is 0 Å². The summed E-state index contributed by atoms with van der Waals surface area (Å²) in [5, 5.41) is 0. The number of hydrogen-bond donors (Lipinski definition) is 0. The smallest absolute Gasteiger partial charge is 0.194 e. The van der Waals surface area contributed by atoms with Crippen LogP contribution in [-0.4, -0.2) is 18.5 Å². The van der Waals surface area contributed by atoms with E-state index in [4.69, 9.17) is 4.74 Å². The normalized spacial score (nSPS) is 21.1. The highest BCUT2D eigenvalue weighted by Crippen LogP contribution is 2.18. The van der Waals surface area contributed by atoms with Crippen LogP contribution in [-0.2, 0) is 4.74 Å². The first kappa shape index (κ1) is 9.34. The van der Waals surface area contributed by atoms with Crippen molar-refractivity contribution in [3.63, 3.8) is 0 Å². The van der Waals surface area contributed by atoms with Crippen LogP contribution in [0.3, 0.4) is 0 Å². The number of ether oxygens (including phenoxy) is 1. The van der Waals surface area contributed by atoms with Crippen molar-refractivity contribution in [3.8, 4) is 0 Å². The van der Waals surface area contributed by atoms with Crippen molar-refractivity contribution in [1.82, 2.24) is 0 Å². The van der Waals surface area contributed by atoms with Crippen molar-refractivity contribution >= 4 is 5.78 Å². The zero-order valence-corrected chi connectivity index (χ0v) is 7.70. The predicted octanol–water partition coefficient (Wildman–Crippen LogP) is 2.19. The van der Waals surface area contributed by atoms with Crippen molar-refractivity contribution < 1.29 is 13.9 Å². The van der Waals surface area contributed by atoms with E-state index in [1.165, 1.54) is 12.1 Å². The number of halogens is 1. The largest absolute Gasteiger partial charge is 0.370 e. The van der Waals surface area contributed by atoms with Gasteiger partial charge >= 0.3 is 0 Å². The molecule has 1 aliphatic heterocycles. The van der Waals surface area contributed by atoms with Crippen molar-refractivity contribution in [2.24, 2.45) is 0 Å². The summed E-state index contributed by atoms with van der Waals surface area (Å²) < 4.78 is 18.4.